The minimum absolute atomic E-state index is 1.01. The lowest BCUT2D eigenvalue weighted by Gasteiger charge is -1.95. The molecule has 0 aromatic heterocycles. The molecule has 0 spiro atoms. The van der Waals surface area contributed by atoms with Crippen molar-refractivity contribution in [3.05, 3.63) is 10.1 Å². The maximum absolute atomic E-state index is 11.5. The second-order valence-corrected chi connectivity index (χ2v) is 1.13. The molecule has 7 heteroatoms. The molecule has 0 atom stereocenters. The number of aliphatic carboxylic acids is 1. The Balaban J connectivity index is 3.63. The number of nitrogens with zero attached hydrogens (tertiary/aromatic N) is 2. The molecule has 0 amide bonds. The molecule has 0 aliphatic heterocycles. The number of rotatable bonds is 3. The molecule has 0 fully saturated rings. The van der Waals surface area contributed by atoms with Gasteiger partial charge in [-0.05, 0) is 4.48 Å². The van der Waals surface area contributed by atoms with E-state index < -0.39 is 22.8 Å². The molecule has 0 aliphatic carbocycles. The number of hydrogen-bond acceptors (Lipinski definition) is 3. The van der Waals surface area contributed by atoms with E-state index in [2.05, 4.69) is 0 Å². The van der Waals surface area contributed by atoms with E-state index in [0.29, 0.717) is 0 Å². The van der Waals surface area contributed by atoms with Gasteiger partial charge in [0.1, 0.15) is 0 Å². The maximum Gasteiger partial charge on any atom is 0.332 e. The fourth-order valence-electron chi connectivity index (χ4n) is 0.169. The highest BCUT2D eigenvalue weighted by Crippen LogP contribution is 1.86. The molecule has 1 N–H and O–H groups in total. The quantitative estimate of drug-likeness (QED) is 0.321. The van der Waals surface area contributed by atoms with Crippen molar-refractivity contribution < 1.29 is 19.4 Å². The van der Waals surface area contributed by atoms with Crippen LogP contribution in [0.4, 0.5) is 4.48 Å². The predicted octanol–water partition coefficient (Wildman–Crippen LogP) is -0.551. The van der Waals surface area contributed by atoms with Gasteiger partial charge in [-0.25, -0.2) is 14.9 Å². The Bertz CT molecular complexity index is 137. The fraction of sp³-hybridized carbons (Fsp3) is 0.500. The van der Waals surface area contributed by atoms with E-state index >= 15 is 0 Å². The van der Waals surface area contributed by atoms with Gasteiger partial charge < -0.3 is 5.11 Å². The van der Waals surface area contributed by atoms with Crippen molar-refractivity contribution in [2.75, 3.05) is 6.54 Å². The van der Waals surface area contributed by atoms with E-state index in [9.17, 15) is 19.4 Å². The van der Waals surface area contributed by atoms with Crippen LogP contribution in [-0.2, 0) is 4.79 Å². The molecule has 0 saturated heterocycles. The summed E-state index contributed by atoms with van der Waals surface area (Å²) in [7, 11) is 0. The normalized spacial score (nSPS) is 8.56. The average Bonchev–Trinajstić information content (AvgIpc) is 1.63. The summed E-state index contributed by atoms with van der Waals surface area (Å²) in [5.74, 6) is -1.59. The first-order chi connectivity index (χ1) is 4.04. The highest BCUT2D eigenvalue weighted by Gasteiger charge is 2.16. The summed E-state index contributed by atoms with van der Waals surface area (Å²) in [4.78, 5) is 18.9. The lowest BCUT2D eigenvalue weighted by Crippen LogP contribution is -2.27. The minimum Gasteiger partial charge on any atom is -0.480 e. The zero-order valence-corrected chi connectivity index (χ0v) is 4.15. The molecule has 0 heterocycles. The number of hydrogen-bond donors (Lipinski definition) is 1. The highest BCUT2D eigenvalue weighted by molar-refractivity contribution is 5.68. The van der Waals surface area contributed by atoms with Gasteiger partial charge in [0.15, 0.2) is 5.03 Å². The zero-order valence-electron chi connectivity index (χ0n) is 4.15. The molecule has 52 valence electrons. The Hall–Kier alpha value is -1.40. The topological polar surface area (TPSA) is 83.7 Å². The third kappa shape index (κ3) is 3.21. The monoisotopic (exact) mass is 138 g/mol. The van der Waals surface area contributed by atoms with Crippen molar-refractivity contribution in [2.24, 2.45) is 0 Å². The first-order valence-electron chi connectivity index (χ1n) is 1.83. The third-order valence-electron chi connectivity index (χ3n) is 0.443. The lowest BCUT2D eigenvalue weighted by molar-refractivity contribution is -0.702. The number of nitro groups is 1. The Labute approximate surface area is 48.5 Å². The van der Waals surface area contributed by atoms with Crippen LogP contribution < -0.4 is 0 Å². The van der Waals surface area contributed by atoms with Crippen molar-refractivity contribution >= 4 is 5.97 Å². The number of halogens is 1. The molecule has 0 saturated carbocycles. The van der Waals surface area contributed by atoms with Gasteiger partial charge in [0.2, 0.25) is 6.54 Å². The van der Waals surface area contributed by atoms with E-state index in [4.69, 9.17) is 5.11 Å². The van der Waals surface area contributed by atoms with Crippen LogP contribution in [0.3, 0.4) is 0 Å². The largest absolute Gasteiger partial charge is 0.480 e. The van der Waals surface area contributed by atoms with Crippen molar-refractivity contribution in [3.8, 4) is 0 Å². The van der Waals surface area contributed by atoms with Crippen molar-refractivity contribution in [2.45, 2.75) is 0 Å². The number of carboxylic acid groups (broad SMARTS) is 1. The van der Waals surface area contributed by atoms with Gasteiger partial charge in [-0.1, -0.05) is 0 Å². The average molecular weight is 138 g/mol. The minimum atomic E-state index is -1.59. The molecule has 0 radical (unpaired) electrons. The lowest BCUT2D eigenvalue weighted by atomic mass is 10.7. The van der Waals surface area contributed by atoms with Crippen LogP contribution in [0, 0.1) is 10.1 Å². The molecule has 0 unspecified atom stereocenters. The Morgan fingerprint density at radius 1 is 1.89 bits per heavy atom. The molecular formula is C2H3FN2O4. The highest BCUT2D eigenvalue weighted by atomic mass is 19.2. The van der Waals surface area contributed by atoms with Crippen LogP contribution in [0.15, 0.2) is 0 Å². The number of carboxylic acids is 1. The molecule has 0 rings (SSSR count). The second kappa shape index (κ2) is 2.80. The van der Waals surface area contributed by atoms with Gasteiger partial charge in [0.05, 0.1) is 5.23 Å². The summed E-state index contributed by atoms with van der Waals surface area (Å²) in [6.45, 7) is -1.24. The number of carbonyl (C=O) groups is 1. The Kier molecular flexibility index (Phi) is 2.36. The predicted molar refractivity (Wildman–Crippen MR) is 22.4 cm³/mol. The van der Waals surface area contributed by atoms with Gasteiger partial charge in [-0.3, -0.25) is 0 Å². The van der Waals surface area contributed by atoms with Crippen molar-refractivity contribution in [1.82, 2.24) is 5.23 Å². The van der Waals surface area contributed by atoms with Crippen LogP contribution in [0.2, 0.25) is 0 Å². The first kappa shape index (κ1) is 7.60. The molecule has 0 aliphatic rings. The summed E-state index contributed by atoms with van der Waals surface area (Å²) in [5.41, 5.74) is 0. The molecule has 6 nitrogen and oxygen atoms in total. The first-order valence-corrected chi connectivity index (χ1v) is 1.83. The zero-order chi connectivity index (χ0) is 7.44. The second-order valence-electron chi connectivity index (χ2n) is 1.13. The standard InChI is InChI=1S/C2H3FN2O4/c3-4(5(8)9)1-2(6)7/h1H2,(H,6,7). The summed E-state index contributed by atoms with van der Waals surface area (Å²) in [6, 6.07) is 0. The molecule has 9 heavy (non-hydrogen) atoms. The summed E-state index contributed by atoms with van der Waals surface area (Å²) < 4.78 is 11.5. The third-order valence-corrected chi connectivity index (χ3v) is 0.443. The van der Waals surface area contributed by atoms with Gasteiger partial charge in [-0.2, -0.15) is 0 Å². The van der Waals surface area contributed by atoms with Gasteiger partial charge in [0, 0.05) is 0 Å². The van der Waals surface area contributed by atoms with Crippen molar-refractivity contribution in [3.63, 3.8) is 0 Å². The van der Waals surface area contributed by atoms with E-state index in [1.807, 2.05) is 0 Å². The molecule has 0 aromatic rings. The molecule has 0 aromatic carbocycles. The Morgan fingerprint density at radius 2 is 2.33 bits per heavy atom. The summed E-state index contributed by atoms with van der Waals surface area (Å²) >= 11 is 0. The van der Waals surface area contributed by atoms with Crippen molar-refractivity contribution in [1.29, 1.82) is 0 Å². The van der Waals surface area contributed by atoms with Crippen LogP contribution in [0.5, 0.6) is 0 Å². The smallest absolute Gasteiger partial charge is 0.332 e. The van der Waals surface area contributed by atoms with Gasteiger partial charge >= 0.3 is 5.97 Å². The SMILES string of the molecule is O=C(O)CN(F)[N+](=O)[O-]. The van der Waals surface area contributed by atoms with E-state index in [1.165, 1.54) is 0 Å². The summed E-state index contributed by atoms with van der Waals surface area (Å²) in [6.07, 6.45) is 0. The van der Waals surface area contributed by atoms with Crippen LogP contribution in [0.1, 0.15) is 0 Å². The van der Waals surface area contributed by atoms with Crippen LogP contribution in [0.25, 0.3) is 0 Å². The molecule has 0 bridgehead atoms. The van der Waals surface area contributed by atoms with Gasteiger partial charge in [0.25, 0.3) is 0 Å². The number of hydrazine groups is 1. The summed E-state index contributed by atoms with van der Waals surface area (Å²) in [5, 5.41) is 14.6. The van der Waals surface area contributed by atoms with Crippen LogP contribution in [-0.4, -0.2) is 27.9 Å². The van der Waals surface area contributed by atoms with Gasteiger partial charge in [-0.15, -0.1) is 0 Å². The van der Waals surface area contributed by atoms with E-state index in [1.54, 1.807) is 0 Å². The van der Waals surface area contributed by atoms with E-state index in [0.717, 1.165) is 0 Å². The fourth-order valence-corrected chi connectivity index (χ4v) is 0.169. The van der Waals surface area contributed by atoms with E-state index in [-0.39, 0.29) is 0 Å². The van der Waals surface area contributed by atoms with Crippen LogP contribution >= 0.6 is 0 Å². The maximum atomic E-state index is 11.5. The Morgan fingerprint density at radius 3 is 2.44 bits per heavy atom. The molecular weight excluding hydrogens is 135 g/mol.